The number of piperazine rings is 1. The van der Waals surface area contributed by atoms with Gasteiger partial charge < -0.3 is 4.74 Å². The van der Waals surface area contributed by atoms with Gasteiger partial charge in [-0.3, -0.25) is 24.2 Å². The highest BCUT2D eigenvalue weighted by Gasteiger charge is 2.43. The van der Waals surface area contributed by atoms with Crippen LogP contribution in [0.2, 0.25) is 5.02 Å². The maximum absolute atomic E-state index is 13.3. The van der Waals surface area contributed by atoms with Crippen LogP contribution in [0.1, 0.15) is 32.7 Å². The number of hydrogen-bond donors (Lipinski definition) is 0. The van der Waals surface area contributed by atoms with E-state index < -0.39 is 18.6 Å². The van der Waals surface area contributed by atoms with Crippen LogP contribution >= 0.6 is 11.6 Å². The van der Waals surface area contributed by atoms with Crippen LogP contribution in [0.4, 0.5) is 5.69 Å². The monoisotopic (exact) mass is 545 g/mol. The molecule has 1 unspecified atom stereocenters. The quantitative estimate of drug-likeness (QED) is 0.241. The van der Waals surface area contributed by atoms with E-state index in [0.29, 0.717) is 29.4 Å². The first kappa shape index (κ1) is 26.7. The summed E-state index contributed by atoms with van der Waals surface area (Å²) in [5.41, 5.74) is 2.27. The van der Waals surface area contributed by atoms with Crippen molar-refractivity contribution in [3.63, 3.8) is 0 Å². The van der Waals surface area contributed by atoms with Crippen molar-refractivity contribution in [3.8, 4) is 0 Å². The Morgan fingerprint density at radius 3 is 2.13 bits per heavy atom. The molecule has 5 rings (SSSR count). The highest BCUT2D eigenvalue weighted by molar-refractivity contribution is 6.30. The van der Waals surface area contributed by atoms with Crippen LogP contribution in [0, 0.1) is 0 Å². The van der Waals surface area contributed by atoms with E-state index in [1.165, 1.54) is 22.6 Å². The molecule has 0 aliphatic carbocycles. The molecule has 9 heteroatoms. The highest BCUT2D eigenvalue weighted by atomic mass is 35.5. The second-order valence-electron chi connectivity index (χ2n) is 9.64. The standard InChI is InChI=1S/C30H28ClN3O5/c31-24-10-6-22(7-11-24)27(35)20-39-30(38)23-8-12-25(13-9-23)34-28(36)18-26(29(34)37)33-16-14-32(15-17-33)19-21-4-2-1-3-5-21/h1-13,26H,14-20H2. The smallest absolute Gasteiger partial charge is 0.338 e. The Bertz CT molecular complexity index is 1350. The van der Waals surface area contributed by atoms with Gasteiger partial charge in [-0.2, -0.15) is 0 Å². The maximum atomic E-state index is 13.3. The number of rotatable bonds is 8. The fraction of sp³-hybridized carbons (Fsp3) is 0.267. The Labute approximate surface area is 231 Å². The van der Waals surface area contributed by atoms with Gasteiger partial charge in [-0.05, 0) is 54.1 Å². The summed E-state index contributed by atoms with van der Waals surface area (Å²) in [7, 11) is 0. The molecule has 200 valence electrons. The van der Waals surface area contributed by atoms with Crippen LogP contribution in [-0.4, -0.2) is 72.2 Å². The zero-order valence-electron chi connectivity index (χ0n) is 21.3. The number of carbonyl (C=O) groups excluding carboxylic acids is 4. The van der Waals surface area contributed by atoms with Crippen molar-refractivity contribution in [2.45, 2.75) is 19.0 Å². The Balaban J connectivity index is 1.15. The summed E-state index contributed by atoms with van der Waals surface area (Å²) < 4.78 is 5.15. The molecule has 2 amide bonds. The van der Waals surface area contributed by atoms with Crippen LogP contribution in [0.15, 0.2) is 78.9 Å². The zero-order valence-corrected chi connectivity index (χ0v) is 22.0. The molecule has 0 bridgehead atoms. The lowest BCUT2D eigenvalue weighted by molar-refractivity contribution is -0.123. The number of nitrogens with zero attached hydrogens (tertiary/aromatic N) is 3. The summed E-state index contributed by atoms with van der Waals surface area (Å²) >= 11 is 5.83. The largest absolute Gasteiger partial charge is 0.454 e. The third-order valence-corrected chi connectivity index (χ3v) is 7.33. The van der Waals surface area contributed by atoms with Crippen LogP contribution in [0.3, 0.4) is 0 Å². The lowest BCUT2D eigenvalue weighted by atomic mass is 10.1. The van der Waals surface area contributed by atoms with E-state index in [0.717, 1.165) is 19.6 Å². The minimum absolute atomic E-state index is 0.133. The predicted octanol–water partition coefficient (Wildman–Crippen LogP) is 3.83. The zero-order chi connectivity index (χ0) is 27.4. The van der Waals surface area contributed by atoms with Crippen molar-refractivity contribution in [2.75, 3.05) is 37.7 Å². The second kappa shape index (κ2) is 11.9. The normalized spacial score (nSPS) is 18.4. The van der Waals surface area contributed by atoms with E-state index in [9.17, 15) is 19.2 Å². The number of amides is 2. The molecular weight excluding hydrogens is 518 g/mol. The third-order valence-electron chi connectivity index (χ3n) is 7.08. The molecule has 0 aromatic heterocycles. The first-order valence-electron chi connectivity index (χ1n) is 12.8. The number of esters is 1. The van der Waals surface area contributed by atoms with Crippen LogP contribution < -0.4 is 4.90 Å². The molecular formula is C30H28ClN3O5. The number of carbonyl (C=O) groups is 4. The first-order chi connectivity index (χ1) is 18.9. The van der Waals surface area contributed by atoms with Gasteiger partial charge >= 0.3 is 5.97 Å². The van der Waals surface area contributed by atoms with Crippen LogP contribution in [0.25, 0.3) is 0 Å². The molecule has 2 aliphatic heterocycles. The lowest BCUT2D eigenvalue weighted by Crippen LogP contribution is -2.52. The molecule has 3 aromatic rings. The van der Waals surface area contributed by atoms with E-state index in [1.54, 1.807) is 36.4 Å². The topological polar surface area (TPSA) is 87.2 Å². The van der Waals surface area contributed by atoms with E-state index in [4.69, 9.17) is 16.3 Å². The van der Waals surface area contributed by atoms with Crippen molar-refractivity contribution >= 4 is 40.9 Å². The fourth-order valence-electron chi connectivity index (χ4n) is 4.93. The SMILES string of the molecule is O=C(COC(=O)c1ccc(N2C(=O)CC(N3CCN(Cc4ccccc4)CC3)C2=O)cc1)c1ccc(Cl)cc1. The van der Waals surface area contributed by atoms with E-state index in [-0.39, 0.29) is 29.6 Å². The maximum Gasteiger partial charge on any atom is 0.338 e. The van der Waals surface area contributed by atoms with Gasteiger partial charge in [-0.25, -0.2) is 9.69 Å². The van der Waals surface area contributed by atoms with Gasteiger partial charge in [0.05, 0.1) is 23.7 Å². The number of imide groups is 1. The number of hydrogen-bond acceptors (Lipinski definition) is 7. The van der Waals surface area contributed by atoms with Gasteiger partial charge in [0.25, 0.3) is 5.91 Å². The molecule has 39 heavy (non-hydrogen) atoms. The van der Waals surface area contributed by atoms with Crippen molar-refractivity contribution < 1.29 is 23.9 Å². The third kappa shape index (κ3) is 6.25. The van der Waals surface area contributed by atoms with Crippen molar-refractivity contribution in [2.24, 2.45) is 0 Å². The predicted molar refractivity (Wildman–Crippen MR) is 147 cm³/mol. The van der Waals surface area contributed by atoms with Gasteiger partial charge in [-0.1, -0.05) is 41.9 Å². The van der Waals surface area contributed by atoms with E-state index in [2.05, 4.69) is 21.9 Å². The van der Waals surface area contributed by atoms with Crippen LogP contribution in [-0.2, 0) is 20.9 Å². The number of halogens is 1. The van der Waals surface area contributed by atoms with E-state index in [1.807, 2.05) is 18.2 Å². The summed E-state index contributed by atoms with van der Waals surface area (Å²) in [6.45, 7) is 3.52. The molecule has 0 N–H and O–H groups in total. The lowest BCUT2D eigenvalue weighted by Gasteiger charge is -2.37. The van der Waals surface area contributed by atoms with Gasteiger partial charge in [-0.15, -0.1) is 0 Å². The summed E-state index contributed by atoms with van der Waals surface area (Å²) in [5, 5.41) is 0.506. The van der Waals surface area contributed by atoms with Crippen LogP contribution in [0.5, 0.6) is 0 Å². The Morgan fingerprint density at radius 2 is 1.46 bits per heavy atom. The second-order valence-corrected chi connectivity index (χ2v) is 10.1. The molecule has 2 saturated heterocycles. The number of benzene rings is 3. The molecule has 2 fully saturated rings. The summed E-state index contributed by atoms with van der Waals surface area (Å²) in [4.78, 5) is 56.4. The molecule has 0 radical (unpaired) electrons. The number of ether oxygens (including phenoxy) is 1. The van der Waals surface area contributed by atoms with Crippen molar-refractivity contribution in [1.82, 2.24) is 9.80 Å². The average Bonchev–Trinajstić information content (AvgIpc) is 3.26. The van der Waals surface area contributed by atoms with Gasteiger partial charge in [0.2, 0.25) is 5.91 Å². The van der Waals surface area contributed by atoms with E-state index >= 15 is 0 Å². The Kier molecular flexibility index (Phi) is 8.16. The summed E-state index contributed by atoms with van der Waals surface area (Å²) in [5.74, 6) is -1.54. The van der Waals surface area contributed by atoms with Gasteiger partial charge in [0, 0.05) is 43.3 Å². The molecule has 3 aromatic carbocycles. The molecule has 0 spiro atoms. The van der Waals surface area contributed by atoms with Gasteiger partial charge in [0.1, 0.15) is 0 Å². The molecule has 8 nitrogen and oxygen atoms in total. The Hall–Kier alpha value is -3.85. The Morgan fingerprint density at radius 1 is 0.821 bits per heavy atom. The molecule has 2 heterocycles. The number of anilines is 1. The number of Topliss-reactive ketones (excluding diaryl/α,β-unsaturated/α-hetero) is 1. The van der Waals surface area contributed by atoms with Crippen molar-refractivity contribution in [1.29, 1.82) is 0 Å². The van der Waals surface area contributed by atoms with Crippen molar-refractivity contribution in [3.05, 3.63) is 101 Å². The summed E-state index contributed by atoms with van der Waals surface area (Å²) in [6, 6.07) is 22.2. The molecule has 0 saturated carbocycles. The average molecular weight is 546 g/mol. The highest BCUT2D eigenvalue weighted by Crippen LogP contribution is 2.27. The minimum atomic E-state index is -0.672. The minimum Gasteiger partial charge on any atom is -0.454 e. The molecule has 1 atom stereocenters. The van der Waals surface area contributed by atoms with Gasteiger partial charge in [0.15, 0.2) is 12.4 Å². The summed E-state index contributed by atoms with van der Waals surface area (Å²) in [6.07, 6.45) is 0.133. The fourth-order valence-corrected chi connectivity index (χ4v) is 5.05. The first-order valence-corrected chi connectivity index (χ1v) is 13.2. The molecule has 2 aliphatic rings. The number of ketones is 1.